The maximum absolute atomic E-state index is 11.6. The molecule has 3 heteroatoms. The van der Waals surface area contributed by atoms with E-state index < -0.39 is 0 Å². The zero-order valence-electron chi connectivity index (χ0n) is 9.03. The first-order chi connectivity index (χ1) is 6.74. The van der Waals surface area contributed by atoms with E-state index in [-0.39, 0.29) is 12.2 Å². The second-order valence-corrected chi connectivity index (χ2v) is 4.44. The molecule has 14 heavy (non-hydrogen) atoms. The molecule has 1 amide bonds. The van der Waals surface area contributed by atoms with E-state index in [2.05, 4.69) is 13.8 Å². The fourth-order valence-electron chi connectivity index (χ4n) is 2.56. The van der Waals surface area contributed by atoms with Gasteiger partial charge in [-0.1, -0.05) is 13.3 Å². The zero-order chi connectivity index (χ0) is 10.1. The van der Waals surface area contributed by atoms with Crippen molar-refractivity contribution in [3.8, 4) is 0 Å². The maximum atomic E-state index is 11.6. The highest BCUT2D eigenvalue weighted by molar-refractivity contribution is 5.71. The number of carbonyl (C=O) groups excluding carboxylic acids is 1. The Hall–Kier alpha value is -0.730. The third-order valence-corrected chi connectivity index (χ3v) is 3.55. The Morgan fingerprint density at radius 2 is 2.21 bits per heavy atom. The molecule has 1 heterocycles. The number of amides is 1. The van der Waals surface area contributed by atoms with Crippen LogP contribution >= 0.6 is 0 Å². The molecule has 3 nitrogen and oxygen atoms in total. The number of nitrogens with zero attached hydrogens (tertiary/aromatic N) is 1. The van der Waals surface area contributed by atoms with E-state index in [4.69, 9.17) is 4.74 Å². The van der Waals surface area contributed by atoms with Gasteiger partial charge in [-0.3, -0.25) is 4.90 Å². The van der Waals surface area contributed by atoms with Crippen LogP contribution in [0.1, 0.15) is 46.0 Å². The van der Waals surface area contributed by atoms with Gasteiger partial charge >= 0.3 is 6.09 Å². The Labute approximate surface area is 85.4 Å². The van der Waals surface area contributed by atoms with Crippen molar-refractivity contribution >= 4 is 6.09 Å². The largest absolute Gasteiger partial charge is 0.444 e. The minimum absolute atomic E-state index is 0.0868. The molecule has 0 bridgehead atoms. The van der Waals surface area contributed by atoms with Crippen LogP contribution < -0.4 is 0 Å². The van der Waals surface area contributed by atoms with Crippen LogP contribution in [0.25, 0.3) is 0 Å². The first kappa shape index (κ1) is 9.81. The lowest BCUT2D eigenvalue weighted by molar-refractivity contribution is 0.113. The highest BCUT2D eigenvalue weighted by Crippen LogP contribution is 2.33. The molecule has 2 rings (SSSR count). The molecule has 1 saturated heterocycles. The third kappa shape index (κ3) is 1.49. The summed E-state index contributed by atoms with van der Waals surface area (Å²) in [4.78, 5) is 13.6. The maximum Gasteiger partial charge on any atom is 0.410 e. The number of hydrogen-bond donors (Lipinski definition) is 0. The molecule has 0 N–H and O–H groups in total. The van der Waals surface area contributed by atoms with Gasteiger partial charge in [-0.15, -0.1) is 0 Å². The van der Waals surface area contributed by atoms with Gasteiger partial charge in [0.15, 0.2) is 0 Å². The average Bonchev–Trinajstić information content (AvgIpc) is 2.53. The summed E-state index contributed by atoms with van der Waals surface area (Å²) < 4.78 is 5.39. The van der Waals surface area contributed by atoms with Crippen LogP contribution in [-0.2, 0) is 4.74 Å². The summed E-state index contributed by atoms with van der Waals surface area (Å²) in [5.41, 5.74) is 0. The van der Waals surface area contributed by atoms with Gasteiger partial charge in [-0.05, 0) is 32.6 Å². The Kier molecular flexibility index (Phi) is 2.66. The van der Waals surface area contributed by atoms with E-state index in [0.29, 0.717) is 12.1 Å². The second-order valence-electron chi connectivity index (χ2n) is 4.44. The van der Waals surface area contributed by atoms with Crippen molar-refractivity contribution in [2.24, 2.45) is 0 Å². The Morgan fingerprint density at radius 3 is 2.93 bits per heavy atom. The molecule has 0 radical (unpaired) electrons. The SMILES string of the molecule is CCC(C)N1C(=O)OC2CCCCC21. The van der Waals surface area contributed by atoms with Crippen LogP contribution in [0.5, 0.6) is 0 Å². The van der Waals surface area contributed by atoms with Gasteiger partial charge in [0.1, 0.15) is 6.10 Å². The molecule has 3 unspecified atom stereocenters. The number of rotatable bonds is 2. The molecule has 3 atom stereocenters. The molecular formula is C11H19NO2. The van der Waals surface area contributed by atoms with Gasteiger partial charge in [0.2, 0.25) is 0 Å². The normalized spacial score (nSPS) is 33.9. The summed E-state index contributed by atoms with van der Waals surface area (Å²) in [5.74, 6) is 0. The standard InChI is InChI=1S/C11H19NO2/c1-3-8(2)12-9-6-4-5-7-10(9)14-11(12)13/h8-10H,3-7H2,1-2H3. The molecule has 0 aromatic rings. The van der Waals surface area contributed by atoms with Crippen molar-refractivity contribution in [3.63, 3.8) is 0 Å². The van der Waals surface area contributed by atoms with Crippen LogP contribution in [0.15, 0.2) is 0 Å². The lowest BCUT2D eigenvalue weighted by Gasteiger charge is -2.31. The van der Waals surface area contributed by atoms with Crippen molar-refractivity contribution < 1.29 is 9.53 Å². The lowest BCUT2D eigenvalue weighted by atomic mass is 9.91. The van der Waals surface area contributed by atoms with E-state index in [9.17, 15) is 4.79 Å². The first-order valence-corrected chi connectivity index (χ1v) is 5.73. The Balaban J connectivity index is 2.11. The van der Waals surface area contributed by atoms with Gasteiger partial charge < -0.3 is 4.74 Å². The van der Waals surface area contributed by atoms with Gasteiger partial charge in [-0.2, -0.15) is 0 Å². The van der Waals surface area contributed by atoms with E-state index in [1.165, 1.54) is 12.8 Å². The van der Waals surface area contributed by atoms with E-state index in [1.54, 1.807) is 0 Å². The lowest BCUT2D eigenvalue weighted by Crippen LogP contribution is -2.43. The minimum atomic E-state index is -0.0868. The smallest absolute Gasteiger partial charge is 0.410 e. The second kappa shape index (κ2) is 3.79. The first-order valence-electron chi connectivity index (χ1n) is 5.73. The van der Waals surface area contributed by atoms with Gasteiger partial charge in [-0.25, -0.2) is 4.79 Å². The molecular weight excluding hydrogens is 178 g/mol. The zero-order valence-corrected chi connectivity index (χ0v) is 9.03. The molecule has 0 aromatic heterocycles. The van der Waals surface area contributed by atoms with Crippen LogP contribution in [-0.4, -0.2) is 29.2 Å². The summed E-state index contributed by atoms with van der Waals surface area (Å²) in [6.07, 6.45) is 5.75. The van der Waals surface area contributed by atoms with Gasteiger partial charge in [0, 0.05) is 6.04 Å². The van der Waals surface area contributed by atoms with Crippen molar-refractivity contribution in [2.45, 2.75) is 64.1 Å². The number of hydrogen-bond acceptors (Lipinski definition) is 2. The summed E-state index contributed by atoms with van der Waals surface area (Å²) >= 11 is 0. The van der Waals surface area contributed by atoms with Crippen LogP contribution in [0.2, 0.25) is 0 Å². The van der Waals surface area contributed by atoms with Crippen molar-refractivity contribution in [3.05, 3.63) is 0 Å². The molecule has 0 spiro atoms. The summed E-state index contributed by atoms with van der Waals surface area (Å²) in [6.45, 7) is 4.23. The summed E-state index contributed by atoms with van der Waals surface area (Å²) in [6, 6.07) is 0.696. The molecule has 2 fully saturated rings. The number of carbonyl (C=O) groups is 1. The van der Waals surface area contributed by atoms with Crippen molar-refractivity contribution in [2.75, 3.05) is 0 Å². The monoisotopic (exact) mass is 197 g/mol. The van der Waals surface area contributed by atoms with Crippen LogP contribution in [0.3, 0.4) is 0 Å². The number of fused-ring (bicyclic) bond motifs is 1. The van der Waals surface area contributed by atoms with Crippen molar-refractivity contribution in [1.29, 1.82) is 0 Å². The highest BCUT2D eigenvalue weighted by Gasteiger charge is 2.44. The molecule has 2 aliphatic rings. The van der Waals surface area contributed by atoms with E-state index in [0.717, 1.165) is 19.3 Å². The quantitative estimate of drug-likeness (QED) is 0.681. The predicted octanol–water partition coefficient (Wildman–Crippen LogP) is 2.55. The van der Waals surface area contributed by atoms with Crippen LogP contribution in [0, 0.1) is 0 Å². The topological polar surface area (TPSA) is 29.5 Å². The average molecular weight is 197 g/mol. The molecule has 80 valence electrons. The van der Waals surface area contributed by atoms with Gasteiger partial charge in [0.25, 0.3) is 0 Å². The summed E-state index contributed by atoms with van der Waals surface area (Å²) in [5, 5.41) is 0. The summed E-state index contributed by atoms with van der Waals surface area (Å²) in [7, 11) is 0. The Morgan fingerprint density at radius 1 is 1.50 bits per heavy atom. The molecule has 1 aliphatic carbocycles. The van der Waals surface area contributed by atoms with Crippen molar-refractivity contribution in [1.82, 2.24) is 4.90 Å². The number of ether oxygens (including phenoxy) is 1. The third-order valence-electron chi connectivity index (χ3n) is 3.55. The van der Waals surface area contributed by atoms with E-state index >= 15 is 0 Å². The highest BCUT2D eigenvalue weighted by atomic mass is 16.6. The van der Waals surface area contributed by atoms with Gasteiger partial charge in [0.05, 0.1) is 6.04 Å². The van der Waals surface area contributed by atoms with E-state index in [1.807, 2.05) is 4.90 Å². The predicted molar refractivity (Wildman–Crippen MR) is 54.1 cm³/mol. The molecule has 1 saturated carbocycles. The minimum Gasteiger partial charge on any atom is -0.444 e. The fraction of sp³-hybridized carbons (Fsp3) is 0.909. The Bertz CT molecular complexity index is 229. The van der Waals surface area contributed by atoms with Crippen LogP contribution in [0.4, 0.5) is 4.79 Å². The molecule has 0 aromatic carbocycles. The molecule has 1 aliphatic heterocycles. The fourth-order valence-corrected chi connectivity index (χ4v) is 2.56.